The molecule has 112 valence electrons. The molecule has 0 fully saturated rings. The zero-order chi connectivity index (χ0) is 15.4. The van der Waals surface area contributed by atoms with Gasteiger partial charge in [-0.05, 0) is 25.0 Å². The number of anilines is 1. The first-order chi connectivity index (χ1) is 10.0. The van der Waals surface area contributed by atoms with Crippen molar-refractivity contribution >= 4 is 23.4 Å². The Morgan fingerprint density at radius 1 is 1.19 bits per heavy atom. The highest BCUT2D eigenvalue weighted by molar-refractivity contribution is 6.40. The van der Waals surface area contributed by atoms with Gasteiger partial charge in [0.05, 0.1) is 0 Å². The van der Waals surface area contributed by atoms with Crippen molar-refractivity contribution in [2.75, 3.05) is 18.0 Å². The van der Waals surface area contributed by atoms with Gasteiger partial charge in [0.2, 0.25) is 5.91 Å². The van der Waals surface area contributed by atoms with Crippen LogP contribution in [0.3, 0.4) is 0 Å². The number of amides is 3. The highest BCUT2D eigenvalue weighted by Crippen LogP contribution is 2.31. The fourth-order valence-electron chi connectivity index (χ4n) is 2.47. The van der Waals surface area contributed by atoms with E-state index in [4.69, 9.17) is 0 Å². The Morgan fingerprint density at radius 2 is 1.86 bits per heavy atom. The van der Waals surface area contributed by atoms with Crippen LogP contribution in [0.4, 0.5) is 5.69 Å². The van der Waals surface area contributed by atoms with Gasteiger partial charge >= 0.3 is 11.8 Å². The SMILES string of the molecule is CC(=O)NCCNC(=O)C(=O)N1c2ccccc2CC1C. The molecule has 0 aromatic heterocycles. The molecule has 1 heterocycles. The molecule has 1 unspecified atom stereocenters. The Bertz CT molecular complexity index is 571. The highest BCUT2D eigenvalue weighted by atomic mass is 16.2. The molecule has 21 heavy (non-hydrogen) atoms. The second kappa shape index (κ2) is 6.39. The number of para-hydroxylation sites is 1. The maximum Gasteiger partial charge on any atom is 0.316 e. The highest BCUT2D eigenvalue weighted by Gasteiger charge is 2.33. The van der Waals surface area contributed by atoms with E-state index in [-0.39, 0.29) is 18.5 Å². The summed E-state index contributed by atoms with van der Waals surface area (Å²) < 4.78 is 0. The van der Waals surface area contributed by atoms with Crippen LogP contribution in [0.15, 0.2) is 24.3 Å². The molecule has 6 nitrogen and oxygen atoms in total. The lowest BCUT2D eigenvalue weighted by atomic mass is 10.1. The van der Waals surface area contributed by atoms with Crippen molar-refractivity contribution in [1.29, 1.82) is 0 Å². The van der Waals surface area contributed by atoms with Gasteiger partial charge in [-0.25, -0.2) is 0 Å². The van der Waals surface area contributed by atoms with E-state index in [1.807, 2.05) is 31.2 Å². The summed E-state index contributed by atoms with van der Waals surface area (Å²) in [5, 5.41) is 5.08. The summed E-state index contributed by atoms with van der Waals surface area (Å²) in [5.41, 5.74) is 1.87. The molecule has 2 rings (SSSR count). The third-order valence-electron chi connectivity index (χ3n) is 3.40. The summed E-state index contributed by atoms with van der Waals surface area (Å²) in [6, 6.07) is 7.56. The Kier molecular flexibility index (Phi) is 4.57. The van der Waals surface area contributed by atoms with E-state index in [1.165, 1.54) is 11.8 Å². The molecule has 1 aromatic carbocycles. The van der Waals surface area contributed by atoms with E-state index < -0.39 is 11.8 Å². The van der Waals surface area contributed by atoms with Crippen molar-refractivity contribution in [1.82, 2.24) is 10.6 Å². The van der Waals surface area contributed by atoms with E-state index in [2.05, 4.69) is 10.6 Å². The molecule has 0 aliphatic carbocycles. The maximum atomic E-state index is 12.3. The molecule has 0 spiro atoms. The molecule has 3 amide bonds. The van der Waals surface area contributed by atoms with Crippen LogP contribution in [0.25, 0.3) is 0 Å². The van der Waals surface area contributed by atoms with Gasteiger partial charge < -0.3 is 15.5 Å². The van der Waals surface area contributed by atoms with Crippen LogP contribution in [0.2, 0.25) is 0 Å². The van der Waals surface area contributed by atoms with Crippen molar-refractivity contribution in [3.05, 3.63) is 29.8 Å². The number of hydrogen-bond donors (Lipinski definition) is 2. The van der Waals surface area contributed by atoms with E-state index in [0.717, 1.165) is 17.7 Å². The van der Waals surface area contributed by atoms with E-state index in [1.54, 1.807) is 0 Å². The maximum absolute atomic E-state index is 12.3. The van der Waals surface area contributed by atoms with Gasteiger partial charge in [0, 0.05) is 31.7 Å². The number of rotatable bonds is 3. The van der Waals surface area contributed by atoms with Gasteiger partial charge in [-0.2, -0.15) is 0 Å². The van der Waals surface area contributed by atoms with Gasteiger partial charge in [-0.3, -0.25) is 14.4 Å². The van der Waals surface area contributed by atoms with E-state index in [9.17, 15) is 14.4 Å². The van der Waals surface area contributed by atoms with Gasteiger partial charge in [-0.1, -0.05) is 18.2 Å². The minimum Gasteiger partial charge on any atom is -0.355 e. The zero-order valence-corrected chi connectivity index (χ0v) is 12.2. The molecule has 2 N–H and O–H groups in total. The average Bonchev–Trinajstić information content (AvgIpc) is 2.78. The first kappa shape index (κ1) is 15.0. The summed E-state index contributed by atoms with van der Waals surface area (Å²) in [7, 11) is 0. The molecule has 6 heteroatoms. The van der Waals surface area contributed by atoms with Gasteiger partial charge in [0.1, 0.15) is 0 Å². The summed E-state index contributed by atoms with van der Waals surface area (Å²) in [6.07, 6.45) is 0.751. The van der Waals surface area contributed by atoms with Crippen molar-refractivity contribution in [3.63, 3.8) is 0 Å². The number of carbonyl (C=O) groups is 3. The molecule has 1 aliphatic heterocycles. The number of carbonyl (C=O) groups excluding carboxylic acids is 3. The molecular formula is C15H19N3O3. The molecule has 0 bridgehead atoms. The van der Waals surface area contributed by atoms with E-state index >= 15 is 0 Å². The van der Waals surface area contributed by atoms with Crippen LogP contribution in [-0.4, -0.2) is 36.9 Å². The van der Waals surface area contributed by atoms with E-state index in [0.29, 0.717) is 6.54 Å². The molecule has 0 radical (unpaired) electrons. The number of hydrogen-bond acceptors (Lipinski definition) is 3. The number of nitrogens with one attached hydrogen (secondary N) is 2. The third-order valence-corrected chi connectivity index (χ3v) is 3.40. The van der Waals surface area contributed by atoms with Crippen molar-refractivity contribution < 1.29 is 14.4 Å². The normalized spacial score (nSPS) is 16.3. The van der Waals surface area contributed by atoms with Crippen molar-refractivity contribution in [2.24, 2.45) is 0 Å². The predicted octanol–water partition coefficient (Wildman–Crippen LogP) is 0.217. The van der Waals surface area contributed by atoms with Gasteiger partial charge in [0.15, 0.2) is 0 Å². The number of nitrogens with zero attached hydrogens (tertiary/aromatic N) is 1. The largest absolute Gasteiger partial charge is 0.355 e. The second-order valence-corrected chi connectivity index (χ2v) is 5.10. The lowest BCUT2D eigenvalue weighted by molar-refractivity contribution is -0.137. The monoisotopic (exact) mass is 289 g/mol. The molecule has 1 atom stereocenters. The van der Waals surface area contributed by atoms with Crippen LogP contribution in [0.1, 0.15) is 19.4 Å². The fraction of sp³-hybridized carbons (Fsp3) is 0.400. The number of fused-ring (bicyclic) bond motifs is 1. The lowest BCUT2D eigenvalue weighted by Gasteiger charge is -2.21. The Morgan fingerprint density at radius 3 is 2.57 bits per heavy atom. The molecule has 1 aromatic rings. The summed E-state index contributed by atoms with van der Waals surface area (Å²) in [4.78, 5) is 36.4. The number of benzene rings is 1. The Labute approximate surface area is 123 Å². The molecule has 0 saturated heterocycles. The quantitative estimate of drug-likeness (QED) is 0.617. The van der Waals surface area contributed by atoms with Crippen molar-refractivity contribution in [3.8, 4) is 0 Å². The Hall–Kier alpha value is -2.37. The third kappa shape index (κ3) is 3.39. The van der Waals surface area contributed by atoms with Crippen LogP contribution in [0, 0.1) is 0 Å². The summed E-state index contributed by atoms with van der Waals surface area (Å²) in [5.74, 6) is -1.38. The average molecular weight is 289 g/mol. The Balaban J connectivity index is 1.96. The second-order valence-electron chi connectivity index (χ2n) is 5.10. The lowest BCUT2D eigenvalue weighted by Crippen LogP contribution is -2.47. The smallest absolute Gasteiger partial charge is 0.316 e. The first-order valence-corrected chi connectivity index (χ1v) is 6.94. The van der Waals surface area contributed by atoms with Crippen LogP contribution < -0.4 is 15.5 Å². The molecular weight excluding hydrogens is 270 g/mol. The van der Waals surface area contributed by atoms with Crippen LogP contribution in [0.5, 0.6) is 0 Å². The summed E-state index contributed by atoms with van der Waals surface area (Å²) >= 11 is 0. The van der Waals surface area contributed by atoms with Gasteiger partial charge in [-0.15, -0.1) is 0 Å². The molecule has 0 saturated carbocycles. The minimum absolute atomic E-state index is 0.0315. The topological polar surface area (TPSA) is 78.5 Å². The van der Waals surface area contributed by atoms with Crippen LogP contribution in [-0.2, 0) is 20.8 Å². The first-order valence-electron chi connectivity index (χ1n) is 6.94. The predicted molar refractivity (Wildman–Crippen MR) is 78.8 cm³/mol. The van der Waals surface area contributed by atoms with Crippen LogP contribution >= 0.6 is 0 Å². The zero-order valence-electron chi connectivity index (χ0n) is 12.2. The van der Waals surface area contributed by atoms with Gasteiger partial charge in [0.25, 0.3) is 0 Å². The summed E-state index contributed by atoms with van der Waals surface area (Å²) in [6.45, 7) is 3.85. The molecule has 1 aliphatic rings. The fourth-order valence-corrected chi connectivity index (χ4v) is 2.47. The standard InChI is InChI=1S/C15H19N3O3/c1-10-9-12-5-3-4-6-13(12)18(10)15(21)14(20)17-8-7-16-11(2)19/h3-6,10H,7-9H2,1-2H3,(H,16,19)(H,17,20). The van der Waals surface area contributed by atoms with Crippen molar-refractivity contribution in [2.45, 2.75) is 26.3 Å². The minimum atomic E-state index is -0.649.